The van der Waals surface area contributed by atoms with Crippen LogP contribution < -0.4 is 11.1 Å². The van der Waals surface area contributed by atoms with Crippen molar-refractivity contribution >= 4 is 17.3 Å². The topological polar surface area (TPSA) is 38.0 Å². The van der Waals surface area contributed by atoms with Gasteiger partial charge in [-0.25, -0.2) is 4.39 Å². The molecule has 0 spiro atoms. The molecule has 3 N–H and O–H groups in total. The normalized spacial score (nSPS) is 9.42. The third kappa shape index (κ3) is 2.84. The Morgan fingerprint density at radius 3 is 2.50 bits per heavy atom. The molecule has 12 heavy (non-hydrogen) atoms. The number of halogens is 1. The van der Waals surface area contributed by atoms with E-state index in [1.165, 1.54) is 12.1 Å². The van der Waals surface area contributed by atoms with E-state index in [1.807, 2.05) is 0 Å². The van der Waals surface area contributed by atoms with Crippen LogP contribution in [0.4, 0.5) is 4.39 Å². The second kappa shape index (κ2) is 4.01. The molecule has 0 aromatic heterocycles. The zero-order valence-corrected chi connectivity index (χ0v) is 7.20. The third-order valence-corrected chi connectivity index (χ3v) is 1.52. The lowest BCUT2D eigenvalue weighted by Crippen LogP contribution is -2.28. The van der Waals surface area contributed by atoms with E-state index in [4.69, 9.17) is 5.73 Å². The fourth-order valence-electron chi connectivity index (χ4n) is 0.791. The van der Waals surface area contributed by atoms with Gasteiger partial charge in [-0.3, -0.25) is 0 Å². The van der Waals surface area contributed by atoms with E-state index in [-0.39, 0.29) is 10.9 Å². The van der Waals surface area contributed by atoms with Gasteiger partial charge in [0.2, 0.25) is 0 Å². The fraction of sp³-hybridized carbons (Fsp3) is 0.125. The second-order valence-electron chi connectivity index (χ2n) is 2.34. The van der Waals surface area contributed by atoms with Gasteiger partial charge in [0.25, 0.3) is 0 Å². The van der Waals surface area contributed by atoms with E-state index in [9.17, 15) is 4.39 Å². The summed E-state index contributed by atoms with van der Waals surface area (Å²) in [5, 5.41) is 3.02. The van der Waals surface area contributed by atoms with E-state index in [2.05, 4.69) is 17.5 Å². The first-order valence-corrected chi connectivity index (χ1v) is 3.87. The zero-order valence-electron chi connectivity index (χ0n) is 6.38. The number of benzene rings is 1. The number of thiocarbonyl (C=S) groups is 1. The summed E-state index contributed by atoms with van der Waals surface area (Å²) < 4.78 is 12.4. The van der Waals surface area contributed by atoms with Crippen molar-refractivity contribution in [3.05, 3.63) is 35.6 Å². The Bertz CT molecular complexity index is 271. The summed E-state index contributed by atoms with van der Waals surface area (Å²) in [6.45, 7) is 0.537. The summed E-state index contributed by atoms with van der Waals surface area (Å²) in [7, 11) is 0. The summed E-state index contributed by atoms with van der Waals surface area (Å²) in [6.07, 6.45) is 0. The van der Waals surface area contributed by atoms with Crippen LogP contribution >= 0.6 is 12.2 Å². The molecule has 0 amide bonds. The SMILES string of the molecule is N[14C](=S)NCc1ccc(F)cc1. The maximum Gasteiger partial charge on any atom is 0.163 e. The Labute approximate surface area is 75.6 Å². The van der Waals surface area contributed by atoms with Gasteiger partial charge in [0.05, 0.1) is 0 Å². The second-order valence-corrected chi connectivity index (χ2v) is 2.78. The third-order valence-electron chi connectivity index (χ3n) is 1.38. The van der Waals surface area contributed by atoms with Crippen molar-refractivity contribution in [3.8, 4) is 0 Å². The van der Waals surface area contributed by atoms with Crippen molar-refractivity contribution < 1.29 is 4.39 Å². The molecule has 0 saturated carbocycles. The minimum Gasteiger partial charge on any atom is -0.376 e. The standard InChI is InChI=1S/C8H9FN2S/c9-7-3-1-6(2-4-7)5-11-8(10)12/h1-4H,5H2,(H3,10,11,12)/i8+2. The summed E-state index contributed by atoms with van der Waals surface area (Å²) in [5.74, 6) is -0.242. The molecule has 64 valence electrons. The minimum absolute atomic E-state index is 0.242. The van der Waals surface area contributed by atoms with Crippen LogP contribution in [0.5, 0.6) is 0 Å². The van der Waals surface area contributed by atoms with Crippen molar-refractivity contribution in [3.63, 3.8) is 0 Å². The molecule has 1 rings (SSSR count). The number of hydrogen-bond donors (Lipinski definition) is 2. The molecule has 0 unspecified atom stereocenters. The van der Waals surface area contributed by atoms with Crippen LogP contribution in [0.3, 0.4) is 0 Å². The first-order valence-electron chi connectivity index (χ1n) is 3.46. The summed E-state index contributed by atoms with van der Waals surface area (Å²) >= 11 is 4.61. The molecule has 4 heteroatoms. The van der Waals surface area contributed by atoms with Crippen LogP contribution in [-0.4, -0.2) is 5.11 Å². The molecule has 1 aromatic carbocycles. The molecule has 0 radical (unpaired) electrons. The molecule has 0 heterocycles. The molecule has 0 bridgehead atoms. The molecule has 0 fully saturated rings. The molecule has 0 aliphatic rings. The lowest BCUT2D eigenvalue weighted by atomic mass is 10.2. The van der Waals surface area contributed by atoms with E-state index < -0.39 is 0 Å². The van der Waals surface area contributed by atoms with Gasteiger partial charge >= 0.3 is 0 Å². The van der Waals surface area contributed by atoms with Crippen LogP contribution in [0.2, 0.25) is 0 Å². The predicted molar refractivity (Wildman–Crippen MR) is 50.0 cm³/mol. The van der Waals surface area contributed by atoms with Gasteiger partial charge in [-0.2, -0.15) is 0 Å². The number of hydrogen-bond acceptors (Lipinski definition) is 1. The first-order chi connectivity index (χ1) is 5.68. The Morgan fingerprint density at radius 2 is 2.00 bits per heavy atom. The molecular weight excluding hydrogens is 177 g/mol. The van der Waals surface area contributed by atoms with Gasteiger partial charge in [-0.05, 0) is 29.9 Å². The van der Waals surface area contributed by atoms with Crippen molar-refractivity contribution in [2.24, 2.45) is 5.73 Å². The zero-order chi connectivity index (χ0) is 8.97. The summed E-state index contributed by atoms with van der Waals surface area (Å²) in [5.41, 5.74) is 6.16. The fourth-order valence-corrected chi connectivity index (χ4v) is 0.864. The highest BCUT2D eigenvalue weighted by Crippen LogP contribution is 2.01. The van der Waals surface area contributed by atoms with E-state index in [0.717, 1.165) is 5.56 Å². The Balaban J connectivity index is 2.53. The maximum atomic E-state index is 12.4. The molecule has 0 aliphatic heterocycles. The highest BCUT2D eigenvalue weighted by molar-refractivity contribution is 7.80. The van der Waals surface area contributed by atoms with Crippen LogP contribution in [-0.2, 0) is 6.54 Å². The monoisotopic (exact) mass is 186 g/mol. The average molecular weight is 186 g/mol. The highest BCUT2D eigenvalue weighted by atomic mass is 32.1. The molecular formula is C8H9FN2S. The Morgan fingerprint density at radius 1 is 1.42 bits per heavy atom. The highest BCUT2D eigenvalue weighted by Gasteiger charge is 1.92. The maximum absolute atomic E-state index is 12.4. The van der Waals surface area contributed by atoms with E-state index >= 15 is 0 Å². The number of rotatable bonds is 2. The smallest absolute Gasteiger partial charge is 0.163 e. The predicted octanol–water partition coefficient (Wildman–Crippen LogP) is 1.16. The molecule has 0 aliphatic carbocycles. The van der Waals surface area contributed by atoms with Gasteiger partial charge in [0.1, 0.15) is 5.82 Å². The number of nitrogens with one attached hydrogen (secondary N) is 1. The molecule has 1 aromatic rings. The van der Waals surface area contributed by atoms with Gasteiger partial charge in [0.15, 0.2) is 5.11 Å². The quantitative estimate of drug-likeness (QED) is 0.681. The van der Waals surface area contributed by atoms with Crippen LogP contribution in [0, 0.1) is 5.82 Å². The van der Waals surface area contributed by atoms with Crippen LogP contribution in [0.15, 0.2) is 24.3 Å². The first kappa shape index (κ1) is 8.93. The lowest BCUT2D eigenvalue weighted by Gasteiger charge is -2.02. The summed E-state index contributed by atoms with van der Waals surface area (Å²) in [4.78, 5) is 0. The average Bonchev–Trinajstić information content (AvgIpc) is 2.03. The Hall–Kier alpha value is -1.16. The van der Waals surface area contributed by atoms with Crippen molar-refractivity contribution in [1.29, 1.82) is 0 Å². The minimum atomic E-state index is -0.242. The molecule has 0 atom stereocenters. The largest absolute Gasteiger partial charge is 0.376 e. The lowest BCUT2D eigenvalue weighted by molar-refractivity contribution is 0.627. The van der Waals surface area contributed by atoms with Crippen LogP contribution in [0.25, 0.3) is 0 Å². The van der Waals surface area contributed by atoms with E-state index in [1.54, 1.807) is 12.1 Å². The van der Waals surface area contributed by atoms with Gasteiger partial charge in [-0.1, -0.05) is 12.1 Å². The summed E-state index contributed by atoms with van der Waals surface area (Å²) in [6, 6.07) is 6.16. The van der Waals surface area contributed by atoms with Crippen molar-refractivity contribution in [1.82, 2.24) is 5.32 Å². The Kier molecular flexibility index (Phi) is 2.99. The van der Waals surface area contributed by atoms with E-state index in [0.29, 0.717) is 6.54 Å². The van der Waals surface area contributed by atoms with Gasteiger partial charge in [-0.15, -0.1) is 0 Å². The molecule has 0 saturated heterocycles. The van der Waals surface area contributed by atoms with Gasteiger partial charge < -0.3 is 11.1 Å². The molecule has 2 nitrogen and oxygen atoms in total. The van der Waals surface area contributed by atoms with Crippen LogP contribution in [0.1, 0.15) is 5.56 Å². The number of nitrogens with two attached hydrogens (primary N) is 1. The van der Waals surface area contributed by atoms with Crippen molar-refractivity contribution in [2.75, 3.05) is 0 Å². The van der Waals surface area contributed by atoms with Crippen molar-refractivity contribution in [2.45, 2.75) is 6.54 Å². The van der Waals surface area contributed by atoms with Gasteiger partial charge in [0, 0.05) is 6.54 Å².